The van der Waals surface area contributed by atoms with E-state index in [0.29, 0.717) is 24.0 Å². The van der Waals surface area contributed by atoms with Crippen molar-refractivity contribution in [3.63, 3.8) is 0 Å². The standard InChI is InChI=1S/C16H23N5OS2/c1-3-20(11-13-7-5-4-6-8-13)15(22)12-24-16-19-18-14(21(16)17)9-10-23-2/h4-8H,3,9-12,17H2,1-2H3. The topological polar surface area (TPSA) is 77.0 Å². The molecule has 2 rings (SSSR count). The molecule has 8 heteroatoms. The molecular formula is C16H23N5OS2. The molecule has 0 aliphatic rings. The van der Waals surface area contributed by atoms with Crippen LogP contribution >= 0.6 is 23.5 Å². The zero-order valence-corrected chi connectivity index (χ0v) is 15.6. The van der Waals surface area contributed by atoms with E-state index in [1.54, 1.807) is 11.8 Å². The van der Waals surface area contributed by atoms with Gasteiger partial charge in [0.2, 0.25) is 11.1 Å². The Bertz CT molecular complexity index is 647. The Labute approximate surface area is 151 Å². The van der Waals surface area contributed by atoms with Gasteiger partial charge in [-0.15, -0.1) is 10.2 Å². The van der Waals surface area contributed by atoms with E-state index in [1.165, 1.54) is 16.4 Å². The van der Waals surface area contributed by atoms with Gasteiger partial charge >= 0.3 is 0 Å². The number of nitrogen functional groups attached to an aromatic ring is 1. The molecule has 0 saturated carbocycles. The number of carbonyl (C=O) groups excluding carboxylic acids is 1. The third-order valence-electron chi connectivity index (χ3n) is 3.54. The Kier molecular flexibility index (Phi) is 7.45. The Morgan fingerprint density at radius 1 is 1.29 bits per heavy atom. The van der Waals surface area contributed by atoms with Crippen molar-refractivity contribution >= 4 is 29.4 Å². The minimum Gasteiger partial charge on any atom is -0.338 e. The van der Waals surface area contributed by atoms with Crippen molar-refractivity contribution in [2.75, 3.05) is 30.1 Å². The zero-order valence-electron chi connectivity index (χ0n) is 14.0. The summed E-state index contributed by atoms with van der Waals surface area (Å²) in [5, 5.41) is 8.75. The van der Waals surface area contributed by atoms with Gasteiger partial charge in [0.05, 0.1) is 5.75 Å². The van der Waals surface area contributed by atoms with Gasteiger partial charge in [-0.1, -0.05) is 42.1 Å². The maximum atomic E-state index is 12.4. The lowest BCUT2D eigenvalue weighted by Crippen LogP contribution is -2.31. The Balaban J connectivity index is 1.90. The number of hydrogen-bond donors (Lipinski definition) is 1. The molecule has 0 spiro atoms. The van der Waals surface area contributed by atoms with E-state index in [1.807, 2.05) is 48.4 Å². The van der Waals surface area contributed by atoms with Crippen molar-refractivity contribution in [2.45, 2.75) is 25.0 Å². The Morgan fingerprint density at radius 2 is 2.04 bits per heavy atom. The van der Waals surface area contributed by atoms with Crippen LogP contribution in [0.4, 0.5) is 0 Å². The van der Waals surface area contributed by atoms with Crippen molar-refractivity contribution in [2.24, 2.45) is 0 Å². The highest BCUT2D eigenvalue weighted by Crippen LogP contribution is 2.16. The largest absolute Gasteiger partial charge is 0.338 e. The molecule has 6 nitrogen and oxygen atoms in total. The third-order valence-corrected chi connectivity index (χ3v) is 5.08. The van der Waals surface area contributed by atoms with Gasteiger partial charge in [-0.25, -0.2) is 4.68 Å². The second-order valence-electron chi connectivity index (χ2n) is 5.19. The molecule has 0 atom stereocenters. The van der Waals surface area contributed by atoms with E-state index in [0.717, 1.165) is 23.6 Å². The van der Waals surface area contributed by atoms with Gasteiger partial charge in [0.15, 0.2) is 5.82 Å². The number of carbonyl (C=O) groups is 1. The summed E-state index contributed by atoms with van der Waals surface area (Å²) in [6, 6.07) is 9.99. The average molecular weight is 366 g/mol. The fourth-order valence-corrected chi connectivity index (χ4v) is 3.33. The summed E-state index contributed by atoms with van der Waals surface area (Å²) in [7, 11) is 0. The predicted octanol–water partition coefficient (Wildman–Crippen LogP) is 2.04. The molecule has 0 saturated heterocycles. The minimum atomic E-state index is 0.0695. The molecule has 0 aliphatic heterocycles. The molecule has 1 amide bonds. The van der Waals surface area contributed by atoms with Gasteiger partial charge in [-0.3, -0.25) is 4.79 Å². The molecule has 0 bridgehead atoms. The SMILES string of the molecule is CCN(Cc1ccccc1)C(=O)CSc1nnc(CCSC)n1N. The van der Waals surface area contributed by atoms with Gasteiger partial charge in [-0.2, -0.15) is 11.8 Å². The van der Waals surface area contributed by atoms with Crippen LogP contribution in [0, 0.1) is 0 Å². The monoisotopic (exact) mass is 365 g/mol. The fraction of sp³-hybridized carbons (Fsp3) is 0.438. The summed E-state index contributed by atoms with van der Waals surface area (Å²) in [6.07, 6.45) is 2.81. The number of thioether (sulfide) groups is 2. The first kappa shape index (κ1) is 18.7. The lowest BCUT2D eigenvalue weighted by atomic mass is 10.2. The van der Waals surface area contributed by atoms with E-state index >= 15 is 0 Å². The maximum Gasteiger partial charge on any atom is 0.233 e. The highest BCUT2D eigenvalue weighted by Gasteiger charge is 2.16. The molecule has 1 aromatic heterocycles. The smallest absolute Gasteiger partial charge is 0.233 e. The zero-order chi connectivity index (χ0) is 17.4. The molecule has 0 radical (unpaired) electrons. The highest BCUT2D eigenvalue weighted by molar-refractivity contribution is 7.99. The van der Waals surface area contributed by atoms with Gasteiger partial charge in [0, 0.05) is 25.3 Å². The van der Waals surface area contributed by atoms with Crippen LogP contribution in [0.2, 0.25) is 0 Å². The molecule has 0 fully saturated rings. The molecule has 2 aromatic rings. The second kappa shape index (κ2) is 9.58. The number of nitrogens with zero attached hydrogens (tertiary/aromatic N) is 4. The molecule has 1 aromatic carbocycles. The number of amides is 1. The van der Waals surface area contributed by atoms with Gasteiger partial charge in [0.1, 0.15) is 0 Å². The van der Waals surface area contributed by atoms with Crippen LogP contribution in [0.5, 0.6) is 0 Å². The van der Waals surface area contributed by atoms with Crippen molar-refractivity contribution < 1.29 is 4.79 Å². The maximum absolute atomic E-state index is 12.4. The molecule has 24 heavy (non-hydrogen) atoms. The molecule has 2 N–H and O–H groups in total. The van der Waals surface area contributed by atoms with Crippen molar-refractivity contribution in [3.05, 3.63) is 41.7 Å². The van der Waals surface area contributed by atoms with Crippen molar-refractivity contribution in [1.82, 2.24) is 19.8 Å². The summed E-state index contributed by atoms with van der Waals surface area (Å²) < 4.78 is 1.49. The lowest BCUT2D eigenvalue weighted by Gasteiger charge is -2.20. The number of aromatic nitrogens is 3. The van der Waals surface area contributed by atoms with E-state index in [2.05, 4.69) is 10.2 Å². The summed E-state index contributed by atoms with van der Waals surface area (Å²) in [6.45, 7) is 3.27. The normalized spacial score (nSPS) is 10.8. The van der Waals surface area contributed by atoms with E-state index < -0.39 is 0 Å². The van der Waals surface area contributed by atoms with E-state index in [4.69, 9.17) is 5.84 Å². The Hall–Kier alpha value is -1.67. The second-order valence-corrected chi connectivity index (χ2v) is 7.12. The Morgan fingerprint density at radius 3 is 2.71 bits per heavy atom. The van der Waals surface area contributed by atoms with Crippen LogP contribution in [0.1, 0.15) is 18.3 Å². The van der Waals surface area contributed by atoms with Crippen LogP contribution in [0.15, 0.2) is 35.5 Å². The number of hydrogen-bond acceptors (Lipinski definition) is 6. The fourth-order valence-electron chi connectivity index (χ4n) is 2.17. The van der Waals surface area contributed by atoms with Crippen LogP contribution in [0.3, 0.4) is 0 Å². The summed E-state index contributed by atoms with van der Waals surface area (Å²) in [5.41, 5.74) is 1.12. The first-order valence-corrected chi connectivity index (χ1v) is 10.2. The third kappa shape index (κ3) is 5.17. The van der Waals surface area contributed by atoms with Gasteiger partial charge in [0.25, 0.3) is 0 Å². The molecule has 0 aliphatic carbocycles. The van der Waals surface area contributed by atoms with E-state index in [9.17, 15) is 4.79 Å². The highest BCUT2D eigenvalue weighted by atomic mass is 32.2. The van der Waals surface area contributed by atoms with E-state index in [-0.39, 0.29) is 5.91 Å². The van der Waals surface area contributed by atoms with Crippen LogP contribution in [0.25, 0.3) is 0 Å². The molecule has 0 unspecified atom stereocenters. The number of benzene rings is 1. The molecule has 1 heterocycles. The number of nitrogens with two attached hydrogens (primary N) is 1. The van der Waals surface area contributed by atoms with Crippen LogP contribution in [-0.2, 0) is 17.8 Å². The lowest BCUT2D eigenvalue weighted by molar-refractivity contribution is -0.128. The summed E-state index contributed by atoms with van der Waals surface area (Å²) >= 11 is 3.07. The van der Waals surface area contributed by atoms with Crippen molar-refractivity contribution in [3.8, 4) is 0 Å². The first-order valence-electron chi connectivity index (χ1n) is 7.78. The van der Waals surface area contributed by atoms with Gasteiger partial charge in [-0.05, 0) is 18.7 Å². The van der Waals surface area contributed by atoms with Gasteiger partial charge < -0.3 is 10.7 Å². The summed E-state index contributed by atoms with van der Waals surface area (Å²) in [4.78, 5) is 14.3. The molecule has 130 valence electrons. The van der Waals surface area contributed by atoms with Crippen LogP contribution < -0.4 is 5.84 Å². The number of aryl methyl sites for hydroxylation is 1. The molecular weight excluding hydrogens is 342 g/mol. The predicted molar refractivity (Wildman–Crippen MR) is 101 cm³/mol. The number of rotatable bonds is 9. The first-order chi connectivity index (χ1) is 11.7. The quantitative estimate of drug-likeness (QED) is 0.541. The average Bonchev–Trinajstić information content (AvgIpc) is 2.96. The minimum absolute atomic E-state index is 0.0695. The summed E-state index contributed by atoms with van der Waals surface area (Å²) in [5.74, 6) is 8.06. The van der Waals surface area contributed by atoms with Crippen LogP contribution in [-0.4, -0.2) is 50.0 Å². The van der Waals surface area contributed by atoms with Crippen molar-refractivity contribution in [1.29, 1.82) is 0 Å².